The van der Waals surface area contributed by atoms with Gasteiger partial charge in [0.1, 0.15) is 5.75 Å². The van der Waals surface area contributed by atoms with Crippen LogP contribution in [0.1, 0.15) is 18.4 Å². The summed E-state index contributed by atoms with van der Waals surface area (Å²) < 4.78 is 28.6. The molecule has 2 amide bonds. The molecule has 128 valence electrons. The molecule has 0 aromatic heterocycles. The van der Waals surface area contributed by atoms with E-state index in [-0.39, 0.29) is 12.6 Å². The largest absolute Gasteiger partial charge is 0.493 e. The first-order valence-electron chi connectivity index (χ1n) is 7.78. The van der Waals surface area contributed by atoms with E-state index in [0.717, 1.165) is 11.3 Å². The van der Waals surface area contributed by atoms with Crippen molar-refractivity contribution >= 4 is 15.9 Å². The highest BCUT2D eigenvalue weighted by molar-refractivity contribution is 7.91. The van der Waals surface area contributed by atoms with Crippen molar-refractivity contribution in [1.29, 1.82) is 0 Å². The first kappa shape index (κ1) is 17.6. The van der Waals surface area contributed by atoms with Crippen LogP contribution >= 0.6 is 0 Å². The van der Waals surface area contributed by atoms with Gasteiger partial charge in [0, 0.05) is 25.9 Å². The van der Waals surface area contributed by atoms with E-state index in [1.54, 1.807) is 4.90 Å². The first-order chi connectivity index (χ1) is 10.9. The van der Waals surface area contributed by atoms with Gasteiger partial charge in [0.15, 0.2) is 9.84 Å². The smallest absolute Gasteiger partial charge is 0.317 e. The summed E-state index contributed by atoms with van der Waals surface area (Å²) in [4.78, 5) is 13.5. The number of hydrogen-bond acceptors (Lipinski definition) is 4. The molecule has 0 aliphatic carbocycles. The van der Waals surface area contributed by atoms with Crippen molar-refractivity contribution in [2.24, 2.45) is 0 Å². The fourth-order valence-corrected chi connectivity index (χ4v) is 3.53. The third kappa shape index (κ3) is 5.13. The topological polar surface area (TPSA) is 75.7 Å². The van der Waals surface area contributed by atoms with E-state index in [0.29, 0.717) is 32.5 Å². The molecule has 2 rings (SSSR count). The van der Waals surface area contributed by atoms with Crippen molar-refractivity contribution < 1.29 is 17.9 Å². The minimum Gasteiger partial charge on any atom is -0.493 e. The Morgan fingerprint density at radius 2 is 2.13 bits per heavy atom. The number of urea groups is 1. The third-order valence-corrected chi connectivity index (χ3v) is 5.58. The summed E-state index contributed by atoms with van der Waals surface area (Å²) in [7, 11) is -3.07. The normalized spacial score (nSPS) is 18.0. The van der Waals surface area contributed by atoms with E-state index in [2.05, 4.69) is 5.32 Å². The molecular weight excluding hydrogens is 316 g/mol. The zero-order valence-electron chi connectivity index (χ0n) is 13.6. The Kier molecular flexibility index (Phi) is 5.87. The van der Waals surface area contributed by atoms with Crippen LogP contribution in [0.3, 0.4) is 0 Å². The number of nitrogens with zero attached hydrogens (tertiary/aromatic N) is 1. The van der Waals surface area contributed by atoms with E-state index in [4.69, 9.17) is 4.74 Å². The molecule has 23 heavy (non-hydrogen) atoms. The lowest BCUT2D eigenvalue weighted by molar-refractivity contribution is 0.207. The minimum atomic E-state index is -3.07. The van der Waals surface area contributed by atoms with Gasteiger partial charge in [0.2, 0.25) is 0 Å². The number of sulfone groups is 1. The van der Waals surface area contributed by atoms with Crippen molar-refractivity contribution in [3.63, 3.8) is 0 Å². The Bertz CT molecular complexity index is 645. The fraction of sp³-hybridized carbons (Fsp3) is 0.562. The van der Waals surface area contributed by atoms with Gasteiger partial charge in [-0.3, -0.25) is 0 Å². The number of rotatable bonds is 6. The Morgan fingerprint density at radius 3 is 2.78 bits per heavy atom. The van der Waals surface area contributed by atoms with Crippen molar-refractivity contribution in [3.05, 3.63) is 29.8 Å². The van der Waals surface area contributed by atoms with Crippen LogP contribution in [0, 0.1) is 6.92 Å². The molecule has 7 heteroatoms. The number of para-hydroxylation sites is 1. The highest BCUT2D eigenvalue weighted by atomic mass is 32.2. The Hall–Kier alpha value is -1.76. The minimum absolute atomic E-state index is 0.202. The zero-order valence-corrected chi connectivity index (χ0v) is 14.4. The Balaban J connectivity index is 1.65. The van der Waals surface area contributed by atoms with Crippen LogP contribution in [0.4, 0.5) is 4.79 Å². The van der Waals surface area contributed by atoms with Gasteiger partial charge < -0.3 is 15.0 Å². The number of carbonyl (C=O) groups is 1. The van der Waals surface area contributed by atoms with Crippen LogP contribution in [0.25, 0.3) is 0 Å². The summed E-state index contributed by atoms with van der Waals surface area (Å²) in [6, 6.07) is 7.59. The van der Waals surface area contributed by atoms with Crippen LogP contribution < -0.4 is 10.1 Å². The number of ether oxygens (including phenoxy) is 1. The maximum atomic E-state index is 12.0. The van der Waals surface area contributed by atoms with Crippen LogP contribution in [-0.4, -0.2) is 57.1 Å². The second kappa shape index (κ2) is 7.68. The maximum absolute atomic E-state index is 12.0. The highest BCUT2D eigenvalue weighted by Gasteiger charge is 2.32. The van der Waals surface area contributed by atoms with Crippen molar-refractivity contribution in [2.45, 2.75) is 25.0 Å². The zero-order chi connectivity index (χ0) is 16.9. The Morgan fingerprint density at radius 1 is 1.39 bits per heavy atom. The number of amides is 2. The van der Waals surface area contributed by atoms with E-state index < -0.39 is 15.1 Å². The first-order valence-corrected chi connectivity index (χ1v) is 9.73. The standard InChI is InChI=1S/C16H24N2O4S/c1-13-6-3-4-7-15(13)22-11-5-9-17-16(19)18-10-8-14(12-18)23(2,20)21/h3-4,6-7,14H,5,8-12H2,1-2H3,(H,17,19)/t14-/m0/s1. The summed E-state index contributed by atoms with van der Waals surface area (Å²) in [5, 5.41) is 2.38. The number of aryl methyl sites for hydroxylation is 1. The fourth-order valence-electron chi connectivity index (χ4n) is 2.54. The molecule has 1 saturated heterocycles. The molecule has 1 N–H and O–H groups in total. The second-order valence-corrected chi connectivity index (χ2v) is 8.21. The molecule has 0 bridgehead atoms. The van der Waals surface area contributed by atoms with Crippen LogP contribution in [0.2, 0.25) is 0 Å². The van der Waals surface area contributed by atoms with Gasteiger partial charge in [-0.05, 0) is 31.4 Å². The van der Waals surface area contributed by atoms with Gasteiger partial charge in [0.05, 0.1) is 11.9 Å². The summed E-state index contributed by atoms with van der Waals surface area (Å²) in [6.45, 7) is 3.79. The molecule has 1 fully saturated rings. The summed E-state index contributed by atoms with van der Waals surface area (Å²) in [6.07, 6.45) is 2.44. The molecule has 6 nitrogen and oxygen atoms in total. The van der Waals surface area contributed by atoms with E-state index >= 15 is 0 Å². The SMILES string of the molecule is Cc1ccccc1OCCCNC(=O)N1CC[C@H](S(C)(=O)=O)C1. The Labute approximate surface area is 137 Å². The van der Waals surface area contributed by atoms with E-state index in [9.17, 15) is 13.2 Å². The number of hydrogen-bond donors (Lipinski definition) is 1. The monoisotopic (exact) mass is 340 g/mol. The van der Waals surface area contributed by atoms with E-state index in [1.165, 1.54) is 6.26 Å². The van der Waals surface area contributed by atoms with Crippen LogP contribution in [0.5, 0.6) is 5.75 Å². The molecule has 0 spiro atoms. The van der Waals surface area contributed by atoms with E-state index in [1.807, 2.05) is 31.2 Å². The number of likely N-dealkylation sites (tertiary alicyclic amines) is 1. The lowest BCUT2D eigenvalue weighted by Gasteiger charge is -2.17. The summed E-state index contributed by atoms with van der Waals surface area (Å²) in [5.74, 6) is 0.856. The number of nitrogens with one attached hydrogen (secondary N) is 1. The van der Waals surface area contributed by atoms with Crippen molar-refractivity contribution in [2.75, 3.05) is 32.5 Å². The predicted octanol–water partition coefficient (Wildman–Crippen LogP) is 1.59. The lowest BCUT2D eigenvalue weighted by atomic mass is 10.2. The molecule has 1 aromatic rings. The highest BCUT2D eigenvalue weighted by Crippen LogP contribution is 2.17. The number of benzene rings is 1. The maximum Gasteiger partial charge on any atom is 0.317 e. The average Bonchev–Trinajstić information content (AvgIpc) is 2.98. The van der Waals surface area contributed by atoms with Crippen molar-refractivity contribution in [3.8, 4) is 5.75 Å². The molecule has 0 saturated carbocycles. The van der Waals surface area contributed by atoms with Gasteiger partial charge in [-0.15, -0.1) is 0 Å². The van der Waals surface area contributed by atoms with Crippen molar-refractivity contribution in [1.82, 2.24) is 10.2 Å². The molecule has 1 aliphatic rings. The van der Waals surface area contributed by atoms with Gasteiger partial charge in [-0.1, -0.05) is 18.2 Å². The molecule has 0 radical (unpaired) electrons. The molecule has 1 aromatic carbocycles. The lowest BCUT2D eigenvalue weighted by Crippen LogP contribution is -2.40. The third-order valence-electron chi connectivity index (χ3n) is 3.99. The second-order valence-electron chi connectivity index (χ2n) is 5.89. The molecular formula is C16H24N2O4S. The van der Waals surface area contributed by atoms with Gasteiger partial charge in [-0.25, -0.2) is 13.2 Å². The van der Waals surface area contributed by atoms with Crippen LogP contribution in [-0.2, 0) is 9.84 Å². The molecule has 1 heterocycles. The molecule has 1 atom stereocenters. The number of carbonyl (C=O) groups excluding carboxylic acids is 1. The van der Waals surface area contributed by atoms with Gasteiger partial charge in [-0.2, -0.15) is 0 Å². The van der Waals surface area contributed by atoms with Gasteiger partial charge >= 0.3 is 6.03 Å². The quantitative estimate of drug-likeness (QED) is 0.798. The molecule has 0 unspecified atom stereocenters. The molecule has 1 aliphatic heterocycles. The van der Waals surface area contributed by atoms with Gasteiger partial charge in [0.25, 0.3) is 0 Å². The van der Waals surface area contributed by atoms with Crippen LogP contribution in [0.15, 0.2) is 24.3 Å². The summed E-state index contributed by atoms with van der Waals surface area (Å²) in [5.41, 5.74) is 1.08. The summed E-state index contributed by atoms with van der Waals surface area (Å²) >= 11 is 0. The predicted molar refractivity (Wildman–Crippen MR) is 89.5 cm³/mol. The average molecular weight is 340 g/mol.